The molecule has 0 radical (unpaired) electrons. The van der Waals surface area contributed by atoms with Crippen LogP contribution in [0.2, 0.25) is 0 Å². The van der Waals surface area contributed by atoms with Gasteiger partial charge in [0, 0.05) is 13.1 Å². The van der Waals surface area contributed by atoms with Crippen LogP contribution in [0.5, 0.6) is 23.0 Å². The predicted molar refractivity (Wildman–Crippen MR) is 112 cm³/mol. The molecule has 158 valence electrons. The fraction of sp³-hybridized carbons (Fsp3) is 0.409. The summed E-state index contributed by atoms with van der Waals surface area (Å²) in [4.78, 5) is 12.2. The van der Waals surface area contributed by atoms with E-state index in [0.29, 0.717) is 42.7 Å². The van der Waals surface area contributed by atoms with Crippen LogP contribution in [0.3, 0.4) is 0 Å². The zero-order valence-electron chi connectivity index (χ0n) is 17.3. The lowest BCUT2D eigenvalue weighted by Gasteiger charge is -2.12. The van der Waals surface area contributed by atoms with Gasteiger partial charge in [-0.25, -0.2) is 0 Å². The van der Waals surface area contributed by atoms with E-state index >= 15 is 0 Å². The number of carbonyl (C=O) groups excluding carboxylic acids is 1. The van der Waals surface area contributed by atoms with Gasteiger partial charge in [-0.2, -0.15) is 0 Å². The van der Waals surface area contributed by atoms with Crippen LogP contribution in [0, 0.1) is 0 Å². The zero-order valence-corrected chi connectivity index (χ0v) is 17.3. The molecule has 0 aliphatic heterocycles. The fourth-order valence-electron chi connectivity index (χ4n) is 2.91. The van der Waals surface area contributed by atoms with Gasteiger partial charge in [-0.3, -0.25) is 4.79 Å². The molecule has 0 saturated carbocycles. The summed E-state index contributed by atoms with van der Waals surface area (Å²) in [5.41, 5.74) is 7.45. The molecule has 2 aromatic rings. The summed E-state index contributed by atoms with van der Waals surface area (Å²) in [5, 5.41) is 2.96. The van der Waals surface area contributed by atoms with Gasteiger partial charge in [0.1, 0.15) is 6.61 Å². The van der Waals surface area contributed by atoms with E-state index in [2.05, 4.69) is 5.32 Å². The normalized spacial score (nSPS) is 10.3. The van der Waals surface area contributed by atoms with E-state index < -0.39 is 0 Å². The minimum atomic E-state index is -0.0324. The lowest BCUT2D eigenvalue weighted by atomic mass is 10.1. The van der Waals surface area contributed by atoms with Gasteiger partial charge in [-0.1, -0.05) is 12.1 Å². The summed E-state index contributed by atoms with van der Waals surface area (Å²) in [6, 6.07) is 11.3. The highest BCUT2D eigenvalue weighted by Gasteiger charge is 2.09. The van der Waals surface area contributed by atoms with Gasteiger partial charge >= 0.3 is 0 Å². The number of hydrogen-bond donors (Lipinski definition) is 2. The Bertz CT molecular complexity index is 795. The molecule has 0 saturated heterocycles. The van der Waals surface area contributed by atoms with Crippen LogP contribution in [0.25, 0.3) is 0 Å². The number of carbonyl (C=O) groups is 1. The molecule has 0 aliphatic rings. The molecule has 0 bridgehead atoms. The first-order chi connectivity index (χ1) is 14.1. The summed E-state index contributed by atoms with van der Waals surface area (Å²) < 4.78 is 21.4. The van der Waals surface area contributed by atoms with Crippen LogP contribution in [0.4, 0.5) is 0 Å². The van der Waals surface area contributed by atoms with Crippen molar-refractivity contribution >= 4 is 5.91 Å². The van der Waals surface area contributed by atoms with Crippen molar-refractivity contribution in [3.8, 4) is 23.0 Å². The highest BCUT2D eigenvalue weighted by Crippen LogP contribution is 2.29. The maximum Gasteiger partial charge on any atom is 0.224 e. The first kappa shape index (κ1) is 22.4. The van der Waals surface area contributed by atoms with Gasteiger partial charge in [-0.05, 0) is 48.2 Å². The molecule has 0 fully saturated rings. The Hall–Kier alpha value is -2.93. The SMILES string of the molecule is COc1ccc(CCCNC(=O)Cc2ccc(OCCN)c(OC)c2)cc1OC. The first-order valence-corrected chi connectivity index (χ1v) is 9.58. The average molecular weight is 402 g/mol. The van der Waals surface area contributed by atoms with Gasteiger partial charge in [0.2, 0.25) is 5.91 Å². The third-order valence-electron chi connectivity index (χ3n) is 4.38. The summed E-state index contributed by atoms with van der Waals surface area (Å²) in [6.45, 7) is 1.44. The quantitative estimate of drug-likeness (QED) is 0.530. The number of methoxy groups -OCH3 is 3. The third-order valence-corrected chi connectivity index (χ3v) is 4.38. The average Bonchev–Trinajstić information content (AvgIpc) is 2.75. The first-order valence-electron chi connectivity index (χ1n) is 9.58. The van der Waals surface area contributed by atoms with E-state index in [-0.39, 0.29) is 12.3 Å². The lowest BCUT2D eigenvalue weighted by molar-refractivity contribution is -0.120. The molecule has 3 N–H and O–H groups in total. The molecule has 0 atom stereocenters. The van der Waals surface area contributed by atoms with Crippen molar-refractivity contribution in [2.75, 3.05) is 41.0 Å². The molecular formula is C22H30N2O5. The Balaban J connectivity index is 1.80. The van der Waals surface area contributed by atoms with Crippen LogP contribution in [0.1, 0.15) is 17.5 Å². The maximum absolute atomic E-state index is 12.2. The number of benzene rings is 2. The number of rotatable bonds is 12. The molecule has 0 aromatic heterocycles. The van der Waals surface area contributed by atoms with Crippen molar-refractivity contribution in [1.82, 2.24) is 5.32 Å². The highest BCUT2D eigenvalue weighted by molar-refractivity contribution is 5.78. The second-order valence-electron chi connectivity index (χ2n) is 6.44. The summed E-state index contributed by atoms with van der Waals surface area (Å²) in [6.07, 6.45) is 1.95. The van der Waals surface area contributed by atoms with Crippen LogP contribution in [-0.4, -0.2) is 46.9 Å². The Morgan fingerprint density at radius 2 is 1.52 bits per heavy atom. The second kappa shape index (κ2) is 11.8. The zero-order chi connectivity index (χ0) is 21.1. The molecule has 0 aliphatic carbocycles. The van der Waals surface area contributed by atoms with Crippen molar-refractivity contribution in [2.45, 2.75) is 19.3 Å². The van der Waals surface area contributed by atoms with E-state index in [1.165, 1.54) is 0 Å². The number of ether oxygens (including phenoxy) is 4. The topological polar surface area (TPSA) is 92.0 Å². The van der Waals surface area contributed by atoms with Crippen molar-refractivity contribution < 1.29 is 23.7 Å². The molecule has 2 aromatic carbocycles. The van der Waals surface area contributed by atoms with Crippen LogP contribution in [0.15, 0.2) is 36.4 Å². The largest absolute Gasteiger partial charge is 0.493 e. The van der Waals surface area contributed by atoms with E-state index in [1.54, 1.807) is 27.4 Å². The number of aryl methyl sites for hydroxylation is 1. The standard InChI is InChI=1S/C22H30N2O5/c1-26-18-8-6-16(13-20(18)27-2)5-4-11-24-22(25)15-17-7-9-19(29-12-10-23)21(14-17)28-3/h6-9,13-14H,4-5,10-12,15,23H2,1-3H3,(H,24,25). The van der Waals surface area contributed by atoms with Gasteiger partial charge in [0.15, 0.2) is 23.0 Å². The molecule has 0 heterocycles. The smallest absolute Gasteiger partial charge is 0.224 e. The van der Waals surface area contributed by atoms with Crippen LogP contribution >= 0.6 is 0 Å². The second-order valence-corrected chi connectivity index (χ2v) is 6.44. The molecule has 0 spiro atoms. The number of hydrogen-bond acceptors (Lipinski definition) is 6. The maximum atomic E-state index is 12.2. The Labute approximate surface area is 172 Å². The predicted octanol–water partition coefficient (Wildman–Crippen LogP) is 2.34. The van der Waals surface area contributed by atoms with Crippen molar-refractivity contribution in [1.29, 1.82) is 0 Å². The van der Waals surface area contributed by atoms with Crippen molar-refractivity contribution in [3.05, 3.63) is 47.5 Å². The monoisotopic (exact) mass is 402 g/mol. The van der Waals surface area contributed by atoms with E-state index in [9.17, 15) is 4.79 Å². The Morgan fingerprint density at radius 1 is 0.897 bits per heavy atom. The van der Waals surface area contributed by atoms with E-state index in [1.807, 2.05) is 30.3 Å². The Kier molecular flexibility index (Phi) is 9.11. The molecule has 1 amide bonds. The summed E-state index contributed by atoms with van der Waals surface area (Å²) in [5.74, 6) is 2.60. The summed E-state index contributed by atoms with van der Waals surface area (Å²) in [7, 11) is 4.81. The van der Waals surface area contributed by atoms with Crippen molar-refractivity contribution in [3.63, 3.8) is 0 Å². The number of nitrogens with one attached hydrogen (secondary N) is 1. The summed E-state index contributed by atoms with van der Waals surface area (Å²) >= 11 is 0. The van der Waals surface area contributed by atoms with Gasteiger partial charge < -0.3 is 30.0 Å². The fourth-order valence-corrected chi connectivity index (χ4v) is 2.91. The molecule has 7 nitrogen and oxygen atoms in total. The van der Waals surface area contributed by atoms with Crippen LogP contribution in [-0.2, 0) is 17.6 Å². The molecule has 0 unspecified atom stereocenters. The molecule has 29 heavy (non-hydrogen) atoms. The minimum Gasteiger partial charge on any atom is -0.493 e. The molecule has 7 heteroatoms. The minimum absolute atomic E-state index is 0.0324. The van der Waals surface area contributed by atoms with Gasteiger partial charge in [0.05, 0.1) is 27.8 Å². The van der Waals surface area contributed by atoms with E-state index in [0.717, 1.165) is 24.0 Å². The Morgan fingerprint density at radius 3 is 2.21 bits per heavy atom. The molecular weight excluding hydrogens is 372 g/mol. The highest BCUT2D eigenvalue weighted by atomic mass is 16.5. The third kappa shape index (κ3) is 6.87. The van der Waals surface area contributed by atoms with Gasteiger partial charge in [0.25, 0.3) is 0 Å². The van der Waals surface area contributed by atoms with Crippen LogP contribution < -0.4 is 30.0 Å². The lowest BCUT2D eigenvalue weighted by Crippen LogP contribution is -2.26. The van der Waals surface area contributed by atoms with Gasteiger partial charge in [-0.15, -0.1) is 0 Å². The van der Waals surface area contributed by atoms with E-state index in [4.69, 9.17) is 24.7 Å². The number of nitrogens with two attached hydrogens (primary N) is 1. The molecule has 2 rings (SSSR count). The number of amides is 1. The van der Waals surface area contributed by atoms with Crippen molar-refractivity contribution in [2.24, 2.45) is 5.73 Å².